The van der Waals surface area contributed by atoms with Crippen LogP contribution in [0.2, 0.25) is 0 Å². The normalized spacial score (nSPS) is 25.0. The molecule has 0 saturated heterocycles. The summed E-state index contributed by atoms with van der Waals surface area (Å²) in [6.45, 7) is 0. The second-order valence-electron chi connectivity index (χ2n) is 4.73. The van der Waals surface area contributed by atoms with Crippen LogP contribution < -0.4 is 5.73 Å². The van der Waals surface area contributed by atoms with Gasteiger partial charge in [0.2, 0.25) is 5.95 Å². The molecule has 3 rings (SSSR count). The minimum atomic E-state index is -0.354. The molecule has 1 aromatic rings. The van der Waals surface area contributed by atoms with Gasteiger partial charge in [-0.3, -0.25) is 0 Å². The number of halogens is 2. The Bertz CT molecular complexity index is 425. The highest BCUT2D eigenvalue weighted by Crippen LogP contribution is 2.63. The Hall–Kier alpha value is -0.480. The quantitative estimate of drug-likeness (QED) is 0.839. The fourth-order valence-corrected chi connectivity index (χ4v) is 2.86. The van der Waals surface area contributed by atoms with E-state index in [1.165, 1.54) is 6.20 Å². The van der Waals surface area contributed by atoms with Crippen LogP contribution in [0.25, 0.3) is 0 Å². The van der Waals surface area contributed by atoms with Crippen LogP contribution in [0.5, 0.6) is 0 Å². The van der Waals surface area contributed by atoms with Gasteiger partial charge in [0.15, 0.2) is 0 Å². The first-order valence-electron chi connectivity index (χ1n) is 5.18. The lowest BCUT2D eigenvalue weighted by Crippen LogP contribution is -2.38. The average Bonchev–Trinajstić information content (AvgIpc) is 3.05. The van der Waals surface area contributed by atoms with E-state index in [0.29, 0.717) is 5.56 Å². The predicted molar refractivity (Wildman–Crippen MR) is 59.0 cm³/mol. The van der Waals surface area contributed by atoms with Crippen molar-refractivity contribution in [3.05, 3.63) is 28.2 Å². The van der Waals surface area contributed by atoms with E-state index in [1.807, 2.05) is 6.07 Å². The number of nitrogens with two attached hydrogens (primary N) is 1. The molecule has 1 aromatic heterocycles. The lowest BCUT2D eigenvalue weighted by atomic mass is 9.87. The van der Waals surface area contributed by atoms with Crippen molar-refractivity contribution in [3.63, 3.8) is 0 Å². The molecule has 0 bridgehead atoms. The first kappa shape index (κ1) is 9.73. The first-order chi connectivity index (χ1) is 7.07. The fourth-order valence-electron chi connectivity index (χ4n) is 2.53. The highest BCUT2D eigenvalue weighted by atomic mass is 79.9. The number of rotatable bonds is 2. The van der Waals surface area contributed by atoms with Gasteiger partial charge in [-0.05, 0) is 47.7 Å². The summed E-state index contributed by atoms with van der Waals surface area (Å²) in [5, 5.41) is 0. The predicted octanol–water partition coefficient (Wildman–Crippen LogP) is 2.51. The van der Waals surface area contributed by atoms with Gasteiger partial charge in [0.25, 0.3) is 0 Å². The van der Waals surface area contributed by atoms with Gasteiger partial charge in [0, 0.05) is 27.2 Å². The number of nitrogens with zero attached hydrogens (tertiary/aromatic N) is 1. The summed E-state index contributed by atoms with van der Waals surface area (Å²) in [5.41, 5.74) is 6.66. The smallest absolute Gasteiger partial charge is 0.216 e. The van der Waals surface area contributed by atoms with E-state index >= 15 is 0 Å². The highest BCUT2D eigenvalue weighted by Gasteiger charge is 2.65. The van der Waals surface area contributed by atoms with E-state index < -0.39 is 0 Å². The van der Waals surface area contributed by atoms with Gasteiger partial charge < -0.3 is 5.73 Å². The molecule has 4 heteroatoms. The molecule has 1 heterocycles. The van der Waals surface area contributed by atoms with Crippen LogP contribution in [0.15, 0.2) is 16.7 Å². The van der Waals surface area contributed by atoms with Gasteiger partial charge in [-0.15, -0.1) is 0 Å². The van der Waals surface area contributed by atoms with E-state index in [1.54, 1.807) is 0 Å². The Kier molecular flexibility index (Phi) is 1.81. The molecule has 0 amide bonds. The van der Waals surface area contributed by atoms with Crippen LogP contribution >= 0.6 is 15.9 Å². The Balaban J connectivity index is 2.09. The molecular formula is C11H12BrFN2. The molecule has 0 spiro atoms. The minimum absolute atomic E-state index is 0.117. The third-order valence-electron chi connectivity index (χ3n) is 3.81. The molecule has 0 aromatic carbocycles. The summed E-state index contributed by atoms with van der Waals surface area (Å²) in [5.74, 6) is -0.354. The van der Waals surface area contributed by atoms with E-state index in [0.717, 1.165) is 30.2 Å². The van der Waals surface area contributed by atoms with Crippen molar-refractivity contribution < 1.29 is 4.39 Å². The molecule has 80 valence electrons. The van der Waals surface area contributed by atoms with Gasteiger partial charge in [0.05, 0.1) is 0 Å². The first-order valence-corrected chi connectivity index (χ1v) is 5.97. The van der Waals surface area contributed by atoms with Crippen LogP contribution in [0.4, 0.5) is 4.39 Å². The summed E-state index contributed by atoms with van der Waals surface area (Å²) in [4.78, 5) is 3.76. The van der Waals surface area contributed by atoms with Crippen LogP contribution in [0.1, 0.15) is 31.2 Å². The van der Waals surface area contributed by atoms with Gasteiger partial charge in [-0.25, -0.2) is 4.98 Å². The molecule has 15 heavy (non-hydrogen) atoms. The Labute approximate surface area is 96.2 Å². The molecule has 0 atom stereocenters. The summed E-state index contributed by atoms with van der Waals surface area (Å²) in [6.07, 6.45) is 5.51. The lowest BCUT2D eigenvalue weighted by Gasteiger charge is -2.23. The monoisotopic (exact) mass is 270 g/mol. The Morgan fingerprint density at radius 3 is 2.53 bits per heavy atom. The van der Waals surface area contributed by atoms with Gasteiger partial charge in [0.1, 0.15) is 0 Å². The second-order valence-corrected chi connectivity index (χ2v) is 5.65. The molecule has 0 aliphatic heterocycles. The maximum Gasteiger partial charge on any atom is 0.216 e. The lowest BCUT2D eigenvalue weighted by molar-refractivity contribution is 0.461. The van der Waals surface area contributed by atoms with Crippen LogP contribution in [-0.4, -0.2) is 10.5 Å². The van der Waals surface area contributed by atoms with E-state index in [-0.39, 0.29) is 16.9 Å². The molecule has 2 nitrogen and oxygen atoms in total. The maximum atomic E-state index is 13.7. The van der Waals surface area contributed by atoms with Crippen molar-refractivity contribution in [1.82, 2.24) is 4.98 Å². The Morgan fingerprint density at radius 2 is 2.00 bits per heavy atom. The summed E-state index contributed by atoms with van der Waals surface area (Å²) in [6, 6.07) is 1.84. The average molecular weight is 271 g/mol. The zero-order chi connectivity index (χ0) is 10.7. The minimum Gasteiger partial charge on any atom is -0.324 e. The van der Waals surface area contributed by atoms with Crippen LogP contribution in [-0.2, 0) is 5.41 Å². The summed E-state index contributed by atoms with van der Waals surface area (Å²) < 4.78 is 14.5. The molecule has 2 saturated carbocycles. The van der Waals surface area contributed by atoms with Crippen LogP contribution in [0, 0.1) is 5.95 Å². The summed E-state index contributed by atoms with van der Waals surface area (Å²) >= 11 is 3.33. The number of pyridine rings is 1. The molecule has 0 unspecified atom stereocenters. The largest absolute Gasteiger partial charge is 0.324 e. The van der Waals surface area contributed by atoms with Crippen molar-refractivity contribution in [3.8, 4) is 0 Å². The fraction of sp³-hybridized carbons (Fsp3) is 0.545. The Morgan fingerprint density at radius 1 is 1.33 bits per heavy atom. The molecule has 0 radical (unpaired) electrons. The zero-order valence-corrected chi connectivity index (χ0v) is 9.85. The SMILES string of the molecule is NC1(C2(c3cc(Br)cnc3F)CC2)CC1. The molecule has 2 aliphatic carbocycles. The van der Waals surface area contributed by atoms with Gasteiger partial charge in [-0.1, -0.05) is 0 Å². The molecule has 2 aliphatic rings. The van der Waals surface area contributed by atoms with Crippen molar-refractivity contribution in [1.29, 1.82) is 0 Å². The highest BCUT2D eigenvalue weighted by molar-refractivity contribution is 9.10. The van der Waals surface area contributed by atoms with Crippen molar-refractivity contribution in [2.45, 2.75) is 36.6 Å². The number of hydrogen-bond donors (Lipinski definition) is 1. The second kappa shape index (κ2) is 2.80. The number of aromatic nitrogens is 1. The van der Waals surface area contributed by atoms with Gasteiger partial charge >= 0.3 is 0 Å². The molecule has 2 fully saturated rings. The van der Waals surface area contributed by atoms with Crippen molar-refractivity contribution in [2.75, 3.05) is 0 Å². The standard InChI is InChI=1S/C11H12BrFN2/c12-7-5-8(9(13)15-6-7)10(1-2-10)11(14)3-4-11/h5-6H,1-4,14H2. The summed E-state index contributed by atoms with van der Waals surface area (Å²) in [7, 11) is 0. The molecular weight excluding hydrogens is 259 g/mol. The molecule has 2 N–H and O–H groups in total. The zero-order valence-electron chi connectivity index (χ0n) is 8.26. The van der Waals surface area contributed by atoms with Crippen LogP contribution in [0.3, 0.4) is 0 Å². The van der Waals surface area contributed by atoms with E-state index in [4.69, 9.17) is 5.73 Å². The number of hydrogen-bond acceptors (Lipinski definition) is 2. The van der Waals surface area contributed by atoms with Crippen molar-refractivity contribution >= 4 is 15.9 Å². The maximum absolute atomic E-state index is 13.7. The third kappa shape index (κ3) is 1.27. The topological polar surface area (TPSA) is 38.9 Å². The third-order valence-corrected chi connectivity index (χ3v) is 4.25. The van der Waals surface area contributed by atoms with Gasteiger partial charge in [-0.2, -0.15) is 4.39 Å². The van der Waals surface area contributed by atoms with E-state index in [9.17, 15) is 4.39 Å². The van der Waals surface area contributed by atoms with E-state index in [2.05, 4.69) is 20.9 Å². The van der Waals surface area contributed by atoms with Crippen molar-refractivity contribution in [2.24, 2.45) is 5.73 Å².